The largest absolute Gasteiger partial charge is 0.466 e. The molecule has 3 aromatic carbocycles. The number of nitrogens with zero attached hydrogens (tertiary/aromatic N) is 1. The molecule has 1 unspecified atom stereocenters. The zero-order valence-corrected chi connectivity index (χ0v) is 15.7. The van der Waals surface area contributed by atoms with Crippen molar-refractivity contribution in [3.05, 3.63) is 107 Å². The second-order valence-corrected chi connectivity index (χ2v) is 6.84. The Hall–Kier alpha value is -3.40. The molecule has 28 heavy (non-hydrogen) atoms. The number of nitrogens with one attached hydrogen (secondary N) is 1. The summed E-state index contributed by atoms with van der Waals surface area (Å²) in [5.74, 6) is 0.369. The quantitative estimate of drug-likeness (QED) is 0.732. The molecule has 0 fully saturated rings. The van der Waals surface area contributed by atoms with Crippen LogP contribution in [0.15, 0.2) is 89.9 Å². The molecule has 0 radical (unpaired) electrons. The van der Waals surface area contributed by atoms with Crippen LogP contribution in [0.3, 0.4) is 0 Å². The average Bonchev–Trinajstić information content (AvgIpc) is 3.20. The maximum Gasteiger partial charge on any atom is 0.249 e. The first-order chi connectivity index (χ1) is 13.7. The minimum absolute atomic E-state index is 0.136. The molecule has 1 amide bonds. The van der Waals surface area contributed by atoms with Crippen molar-refractivity contribution in [2.75, 3.05) is 0 Å². The summed E-state index contributed by atoms with van der Waals surface area (Å²) < 4.78 is 6.13. The predicted molar refractivity (Wildman–Crippen MR) is 110 cm³/mol. The fourth-order valence-electron chi connectivity index (χ4n) is 3.32. The SMILES string of the molecule is Cc1ccccc1CNC(=O)[C@H]1N=C(c2ccccc2)OC1c1ccccc1. The van der Waals surface area contributed by atoms with Gasteiger partial charge in [-0.2, -0.15) is 0 Å². The van der Waals surface area contributed by atoms with Crippen molar-refractivity contribution >= 4 is 11.8 Å². The highest BCUT2D eigenvalue weighted by molar-refractivity contribution is 5.98. The van der Waals surface area contributed by atoms with Gasteiger partial charge in [-0.25, -0.2) is 4.99 Å². The Morgan fingerprint density at radius 3 is 2.29 bits per heavy atom. The molecule has 1 N–H and O–H groups in total. The van der Waals surface area contributed by atoms with Crippen LogP contribution >= 0.6 is 0 Å². The van der Waals surface area contributed by atoms with Crippen LogP contribution in [0.25, 0.3) is 0 Å². The molecule has 0 saturated heterocycles. The number of aryl methyl sites for hydroxylation is 1. The number of rotatable bonds is 5. The summed E-state index contributed by atoms with van der Waals surface area (Å²) in [5.41, 5.74) is 4.06. The van der Waals surface area contributed by atoms with Crippen LogP contribution in [0.2, 0.25) is 0 Å². The van der Waals surface area contributed by atoms with Crippen molar-refractivity contribution in [2.45, 2.75) is 25.6 Å². The smallest absolute Gasteiger partial charge is 0.249 e. The van der Waals surface area contributed by atoms with E-state index in [9.17, 15) is 4.79 Å². The Balaban J connectivity index is 1.57. The first-order valence-corrected chi connectivity index (χ1v) is 9.39. The van der Waals surface area contributed by atoms with E-state index in [0.717, 1.165) is 22.3 Å². The summed E-state index contributed by atoms with van der Waals surface area (Å²) in [6.45, 7) is 2.51. The molecule has 0 aromatic heterocycles. The Morgan fingerprint density at radius 2 is 1.57 bits per heavy atom. The van der Waals surface area contributed by atoms with Gasteiger partial charge in [0.15, 0.2) is 12.1 Å². The van der Waals surface area contributed by atoms with Crippen LogP contribution in [0.1, 0.15) is 28.4 Å². The summed E-state index contributed by atoms with van der Waals surface area (Å²) in [4.78, 5) is 17.6. The highest BCUT2D eigenvalue weighted by atomic mass is 16.5. The third kappa shape index (κ3) is 3.81. The Kier molecular flexibility index (Phi) is 5.20. The van der Waals surface area contributed by atoms with E-state index in [4.69, 9.17) is 4.74 Å². The van der Waals surface area contributed by atoms with Crippen molar-refractivity contribution in [3.8, 4) is 0 Å². The summed E-state index contributed by atoms with van der Waals surface area (Å²) in [5, 5.41) is 3.03. The van der Waals surface area contributed by atoms with Crippen LogP contribution in [-0.4, -0.2) is 17.8 Å². The molecule has 3 aromatic rings. The second-order valence-electron chi connectivity index (χ2n) is 6.84. The number of amides is 1. The molecule has 1 aliphatic heterocycles. The highest BCUT2D eigenvalue weighted by Crippen LogP contribution is 2.31. The minimum Gasteiger partial charge on any atom is -0.466 e. The van der Waals surface area contributed by atoms with Gasteiger partial charge in [-0.3, -0.25) is 4.79 Å². The van der Waals surface area contributed by atoms with Crippen molar-refractivity contribution in [3.63, 3.8) is 0 Å². The van der Waals surface area contributed by atoms with E-state index in [2.05, 4.69) is 10.3 Å². The van der Waals surface area contributed by atoms with Gasteiger partial charge in [0.25, 0.3) is 0 Å². The van der Waals surface area contributed by atoms with Gasteiger partial charge in [-0.05, 0) is 35.7 Å². The lowest BCUT2D eigenvalue weighted by molar-refractivity contribution is -0.123. The molecule has 0 saturated carbocycles. The number of aliphatic imine (C=N–C) groups is 1. The fraction of sp³-hybridized carbons (Fsp3) is 0.167. The molecule has 140 valence electrons. The zero-order chi connectivity index (χ0) is 19.3. The first-order valence-electron chi connectivity index (χ1n) is 9.39. The second kappa shape index (κ2) is 8.09. The number of hydrogen-bond donors (Lipinski definition) is 1. The lowest BCUT2D eigenvalue weighted by Crippen LogP contribution is -2.35. The molecule has 4 nitrogen and oxygen atoms in total. The third-order valence-electron chi connectivity index (χ3n) is 4.91. The van der Waals surface area contributed by atoms with E-state index in [1.807, 2.05) is 91.9 Å². The number of carbonyl (C=O) groups is 1. The topological polar surface area (TPSA) is 50.7 Å². The first kappa shape index (κ1) is 18.0. The molecule has 1 heterocycles. The average molecular weight is 370 g/mol. The standard InChI is InChI=1S/C24H22N2O2/c1-17-10-8-9-15-20(17)16-25-23(27)21-22(18-11-4-2-5-12-18)28-24(26-21)19-13-6-3-7-14-19/h2-15,21-22H,16H2,1H3,(H,25,27)/t21-,22?/m0/s1. The lowest BCUT2D eigenvalue weighted by Gasteiger charge is -2.18. The zero-order valence-electron chi connectivity index (χ0n) is 15.7. The van der Waals surface area contributed by atoms with Crippen molar-refractivity contribution in [1.82, 2.24) is 5.32 Å². The molecule has 1 aliphatic rings. The van der Waals surface area contributed by atoms with Crippen LogP contribution in [0, 0.1) is 6.92 Å². The fourth-order valence-corrected chi connectivity index (χ4v) is 3.32. The number of hydrogen-bond acceptors (Lipinski definition) is 3. The van der Waals surface area contributed by atoms with Gasteiger partial charge in [0.2, 0.25) is 11.8 Å². The van der Waals surface area contributed by atoms with E-state index in [1.54, 1.807) is 0 Å². The Labute approximate surface area is 164 Å². The van der Waals surface area contributed by atoms with Crippen LogP contribution in [0.4, 0.5) is 0 Å². The van der Waals surface area contributed by atoms with E-state index < -0.39 is 12.1 Å². The molecule has 0 aliphatic carbocycles. The highest BCUT2D eigenvalue weighted by Gasteiger charge is 2.37. The van der Waals surface area contributed by atoms with Gasteiger partial charge in [-0.15, -0.1) is 0 Å². The summed E-state index contributed by atoms with van der Waals surface area (Å²) >= 11 is 0. The molecule has 4 heteroatoms. The molecular weight excluding hydrogens is 348 g/mol. The summed E-state index contributed by atoms with van der Waals surface area (Å²) in [6.07, 6.45) is -0.437. The van der Waals surface area contributed by atoms with Gasteiger partial charge in [0.1, 0.15) is 0 Å². The predicted octanol–water partition coefficient (Wildman–Crippen LogP) is 4.20. The van der Waals surface area contributed by atoms with Gasteiger partial charge < -0.3 is 10.1 Å². The Bertz CT molecular complexity index is 984. The van der Waals surface area contributed by atoms with Crippen LogP contribution in [0.5, 0.6) is 0 Å². The molecule has 4 rings (SSSR count). The number of carbonyl (C=O) groups excluding carboxylic acids is 1. The normalized spacial score (nSPS) is 18.2. The monoisotopic (exact) mass is 370 g/mol. The van der Waals surface area contributed by atoms with E-state index in [0.29, 0.717) is 12.4 Å². The van der Waals surface area contributed by atoms with E-state index >= 15 is 0 Å². The number of ether oxygens (including phenoxy) is 1. The lowest BCUT2D eigenvalue weighted by atomic mass is 10.0. The summed E-state index contributed by atoms with van der Waals surface area (Å²) in [7, 11) is 0. The molecule has 2 atom stereocenters. The maximum atomic E-state index is 13.0. The van der Waals surface area contributed by atoms with Crippen molar-refractivity contribution in [1.29, 1.82) is 0 Å². The minimum atomic E-state index is -0.623. The van der Waals surface area contributed by atoms with Gasteiger partial charge in [-0.1, -0.05) is 72.8 Å². The van der Waals surface area contributed by atoms with Gasteiger partial charge >= 0.3 is 0 Å². The molecule has 0 spiro atoms. The van der Waals surface area contributed by atoms with Gasteiger partial charge in [0.05, 0.1) is 0 Å². The third-order valence-corrected chi connectivity index (χ3v) is 4.91. The van der Waals surface area contributed by atoms with Crippen molar-refractivity contribution < 1.29 is 9.53 Å². The van der Waals surface area contributed by atoms with E-state index in [-0.39, 0.29) is 5.91 Å². The summed E-state index contributed by atoms with van der Waals surface area (Å²) in [6, 6.07) is 26.9. The number of benzene rings is 3. The van der Waals surface area contributed by atoms with Crippen LogP contribution in [-0.2, 0) is 16.1 Å². The van der Waals surface area contributed by atoms with Crippen molar-refractivity contribution in [2.24, 2.45) is 4.99 Å². The van der Waals surface area contributed by atoms with E-state index in [1.165, 1.54) is 0 Å². The Morgan fingerprint density at radius 1 is 0.929 bits per heavy atom. The van der Waals surface area contributed by atoms with Gasteiger partial charge in [0, 0.05) is 12.1 Å². The van der Waals surface area contributed by atoms with Crippen LogP contribution < -0.4 is 5.32 Å². The maximum absolute atomic E-state index is 13.0. The molecule has 0 bridgehead atoms. The molecular formula is C24H22N2O2.